The van der Waals surface area contributed by atoms with Crippen LogP contribution in [-0.4, -0.2) is 5.11 Å². The molecule has 0 aliphatic rings. The van der Waals surface area contributed by atoms with Crippen LogP contribution in [0.15, 0.2) is 0 Å². The fourth-order valence-electron chi connectivity index (χ4n) is 0. The molecule has 0 heterocycles. The van der Waals surface area contributed by atoms with E-state index in [0.29, 0.717) is 0 Å². The van der Waals surface area contributed by atoms with Crippen LogP contribution in [0.1, 0.15) is 0 Å². The van der Waals surface area contributed by atoms with Crippen molar-refractivity contribution in [3.05, 3.63) is 0 Å². The average Bonchev–Trinajstić information content (AvgIpc) is 0.811. The normalized spacial score (nSPS) is 3.43. The van der Waals surface area contributed by atoms with Crippen LogP contribution in [0.4, 0.5) is 0 Å². The van der Waals surface area contributed by atoms with E-state index in [9.17, 15) is 0 Å². The minimum absolute atomic E-state index is 0. The maximum absolute atomic E-state index is 4.62. The van der Waals surface area contributed by atoms with Crippen molar-refractivity contribution >= 4 is 17.3 Å². The van der Waals surface area contributed by atoms with Crippen LogP contribution in [0.3, 0.4) is 0 Å². The van der Waals surface area contributed by atoms with Gasteiger partial charge in [-0.2, -0.15) is 0 Å². The number of hydrogen-bond acceptors (Lipinski definition) is 1. The molecule has 0 aliphatic carbocycles. The zero-order valence-electron chi connectivity index (χ0n) is 3.38. The molecule has 0 fully saturated rings. The Hall–Kier alpha value is 0.324. The van der Waals surface area contributed by atoms with Crippen LogP contribution >= 0.6 is 12.2 Å². The Labute approximate surface area is 61.7 Å². The van der Waals surface area contributed by atoms with E-state index in [1.165, 1.54) is 0 Å². The minimum Gasteiger partial charge on any atom is -2.00 e. The maximum atomic E-state index is 4.62. The molecule has 0 saturated carbocycles. The first-order valence-corrected chi connectivity index (χ1v) is 1.19. The van der Waals surface area contributed by atoms with Crippen LogP contribution in [-0.2, 0) is 32.7 Å². The number of nitrogens with two attached hydrogens (primary N) is 2. The molecule has 6 heteroatoms. The smallest absolute Gasteiger partial charge is 2.00 e. The summed E-state index contributed by atoms with van der Waals surface area (Å²) in [6.07, 6.45) is 0. The van der Waals surface area contributed by atoms with E-state index in [-0.39, 0.29) is 37.8 Å². The zero-order chi connectivity index (χ0) is 3.58. The second-order valence-electron chi connectivity index (χ2n) is 0.402. The minimum atomic E-state index is 0. The quantitative estimate of drug-likeness (QED) is 0.344. The number of rotatable bonds is 0. The summed E-state index contributed by atoms with van der Waals surface area (Å²) in [5.41, 5.74) is 9.24. The van der Waals surface area contributed by atoms with Gasteiger partial charge in [0.05, 0.1) is 0 Å². The van der Waals surface area contributed by atoms with Crippen molar-refractivity contribution in [2.75, 3.05) is 0 Å². The molecule has 0 aliphatic heterocycles. The first-order valence-electron chi connectivity index (χ1n) is 0.781. The first kappa shape index (κ1) is 26.5. The van der Waals surface area contributed by atoms with E-state index in [0.717, 1.165) is 0 Å². The third-order valence-electron chi connectivity index (χ3n) is 0. The summed E-state index contributed by atoms with van der Waals surface area (Å²) < 4.78 is 0. The van der Waals surface area contributed by atoms with Gasteiger partial charge in [0.1, 0.15) is 0 Å². The second-order valence-corrected chi connectivity index (χ2v) is 0.874. The van der Waals surface area contributed by atoms with Gasteiger partial charge < -0.3 is 22.4 Å². The monoisotopic (exact) mass is 156 g/mol. The Morgan fingerprint density at radius 3 is 1.14 bits per heavy atom. The van der Waals surface area contributed by atoms with E-state index in [1.807, 2.05) is 0 Å². The van der Waals surface area contributed by atoms with Gasteiger partial charge in [0.2, 0.25) is 0 Å². The molecule has 0 aromatic carbocycles. The van der Waals surface area contributed by atoms with Crippen molar-refractivity contribution in [3.8, 4) is 0 Å². The molecule has 0 aromatic heterocycles. The standard InChI is InChI=1S/CH4N2S.2O.Ti/c2-1(3)4;;;/h(H4,2,3,4);;;/q;2*-2;+4. The molecule has 0 unspecified atom stereocenters. The summed E-state index contributed by atoms with van der Waals surface area (Å²) in [6.45, 7) is 0. The molecule has 0 radical (unpaired) electrons. The van der Waals surface area contributed by atoms with Gasteiger partial charge in [-0.1, -0.05) is 0 Å². The van der Waals surface area contributed by atoms with Gasteiger partial charge in [0.15, 0.2) is 5.11 Å². The fourth-order valence-corrected chi connectivity index (χ4v) is 0. The maximum Gasteiger partial charge on any atom is 4.00 e. The van der Waals surface area contributed by atoms with E-state index >= 15 is 0 Å². The molecule has 4 N–H and O–H groups in total. The summed E-state index contributed by atoms with van der Waals surface area (Å²) in [5, 5.41) is 0.000000000000000222. The van der Waals surface area contributed by atoms with E-state index in [2.05, 4.69) is 23.7 Å². The van der Waals surface area contributed by atoms with Crippen molar-refractivity contribution < 1.29 is 32.7 Å². The van der Waals surface area contributed by atoms with Crippen LogP contribution in [0.5, 0.6) is 0 Å². The van der Waals surface area contributed by atoms with Crippen LogP contribution in [0.25, 0.3) is 0 Å². The SMILES string of the molecule is NC(N)=S.[O-2].[O-2].[Ti+4]. The molecule has 0 bridgehead atoms. The molecule has 4 nitrogen and oxygen atoms in total. The first-order chi connectivity index (χ1) is 1.73. The number of hydrogen-bond donors (Lipinski definition) is 2. The van der Waals surface area contributed by atoms with Crippen molar-refractivity contribution in [2.45, 2.75) is 0 Å². The molecule has 0 spiro atoms. The largest absolute Gasteiger partial charge is 4.00 e. The molecule has 0 aromatic rings. The zero-order valence-corrected chi connectivity index (χ0v) is 5.76. The van der Waals surface area contributed by atoms with Crippen molar-refractivity contribution in [1.29, 1.82) is 0 Å². The van der Waals surface area contributed by atoms with Gasteiger partial charge in [-0.15, -0.1) is 0 Å². The Morgan fingerprint density at radius 2 is 1.14 bits per heavy atom. The van der Waals surface area contributed by atoms with Crippen LogP contribution in [0.2, 0.25) is 0 Å². The summed E-state index contributed by atoms with van der Waals surface area (Å²) in [4.78, 5) is 0. The second kappa shape index (κ2) is 16.2. The molecule has 0 atom stereocenters. The molecule has 7 heavy (non-hydrogen) atoms. The van der Waals surface area contributed by atoms with Gasteiger partial charge in [-0.3, -0.25) is 0 Å². The van der Waals surface area contributed by atoms with Gasteiger partial charge in [0, 0.05) is 0 Å². The molecule has 40 valence electrons. The Kier molecular flexibility index (Phi) is 61.4. The molecular weight excluding hydrogens is 152 g/mol. The van der Waals surface area contributed by atoms with Gasteiger partial charge in [0.25, 0.3) is 0 Å². The van der Waals surface area contributed by atoms with Crippen molar-refractivity contribution in [2.24, 2.45) is 11.5 Å². The van der Waals surface area contributed by atoms with E-state index < -0.39 is 0 Å². The van der Waals surface area contributed by atoms with E-state index in [1.54, 1.807) is 0 Å². The number of thiocarbonyl (C=S) groups is 1. The van der Waals surface area contributed by atoms with Gasteiger partial charge in [-0.25, -0.2) is 0 Å². The predicted octanol–water partition coefficient (Wildman–Crippen LogP) is -1.05. The molecule has 0 rings (SSSR count). The van der Waals surface area contributed by atoms with Crippen LogP contribution in [0, 0.1) is 0 Å². The fraction of sp³-hybridized carbons (Fsp3) is 0. The van der Waals surface area contributed by atoms with Gasteiger partial charge >= 0.3 is 21.7 Å². The Bertz CT molecular complexity index is 38.7. The summed E-state index contributed by atoms with van der Waals surface area (Å²) in [7, 11) is 0. The average molecular weight is 156 g/mol. The topological polar surface area (TPSA) is 109 Å². The third-order valence-corrected chi connectivity index (χ3v) is 0. The summed E-state index contributed by atoms with van der Waals surface area (Å²) in [5.74, 6) is 0. The summed E-state index contributed by atoms with van der Waals surface area (Å²) >= 11 is 4.09. The van der Waals surface area contributed by atoms with Crippen molar-refractivity contribution in [3.63, 3.8) is 0 Å². The third kappa shape index (κ3) is 1120. The van der Waals surface area contributed by atoms with Crippen LogP contribution < -0.4 is 11.5 Å². The Morgan fingerprint density at radius 1 is 1.14 bits per heavy atom. The molecule has 0 saturated heterocycles. The Balaban J connectivity index is -0.0000000150. The van der Waals surface area contributed by atoms with E-state index in [4.69, 9.17) is 0 Å². The van der Waals surface area contributed by atoms with Gasteiger partial charge in [-0.05, 0) is 12.2 Å². The predicted molar refractivity (Wildman–Crippen MR) is 22.3 cm³/mol. The molecular formula is CH4N2O2STi. The molecule has 0 amide bonds. The van der Waals surface area contributed by atoms with Crippen molar-refractivity contribution in [1.82, 2.24) is 0 Å². The summed E-state index contributed by atoms with van der Waals surface area (Å²) in [6, 6.07) is 0.